The van der Waals surface area contributed by atoms with E-state index in [9.17, 15) is 4.79 Å². The predicted molar refractivity (Wildman–Crippen MR) is 79.7 cm³/mol. The van der Waals surface area contributed by atoms with Crippen molar-refractivity contribution >= 4 is 11.6 Å². The average Bonchev–Trinajstić information content (AvgIpc) is 3.10. The van der Waals surface area contributed by atoms with Crippen LogP contribution in [0.1, 0.15) is 25.7 Å². The fourth-order valence-corrected chi connectivity index (χ4v) is 3.23. The number of carbonyl (C=O) groups is 1. The van der Waals surface area contributed by atoms with E-state index < -0.39 is 0 Å². The molecule has 1 fully saturated rings. The molecule has 3 heteroatoms. The molecule has 3 atom stereocenters. The minimum atomic E-state index is 0.153. The summed E-state index contributed by atoms with van der Waals surface area (Å²) in [6.07, 6.45) is 9.34. The maximum absolute atomic E-state index is 12.4. The maximum Gasteiger partial charge on any atom is 0.228 e. The number of methoxy groups -OCH3 is 1. The fraction of sp³-hybridized carbons (Fsp3) is 0.471. The second-order valence-corrected chi connectivity index (χ2v) is 5.70. The van der Waals surface area contributed by atoms with Gasteiger partial charge in [0.2, 0.25) is 5.91 Å². The third-order valence-corrected chi connectivity index (χ3v) is 4.39. The largest absolute Gasteiger partial charge is 0.497 e. The number of carbonyl (C=O) groups excluding carboxylic acids is 1. The van der Waals surface area contributed by atoms with Crippen LogP contribution in [0.15, 0.2) is 36.4 Å². The SMILES string of the molecule is COc1cccc(NC(=O)[C@@H]2[C@@H]3C=CCCCC[C@H]32)c1. The van der Waals surface area contributed by atoms with Crippen LogP contribution in [0.4, 0.5) is 5.69 Å². The van der Waals surface area contributed by atoms with Crippen molar-refractivity contribution in [2.45, 2.75) is 25.7 Å². The van der Waals surface area contributed by atoms with Gasteiger partial charge in [-0.25, -0.2) is 0 Å². The highest BCUT2D eigenvalue weighted by Gasteiger charge is 2.52. The molecule has 2 aliphatic carbocycles. The zero-order valence-corrected chi connectivity index (χ0v) is 11.8. The van der Waals surface area contributed by atoms with Crippen LogP contribution in [0.25, 0.3) is 0 Å². The van der Waals surface area contributed by atoms with E-state index in [-0.39, 0.29) is 11.8 Å². The van der Waals surface area contributed by atoms with Gasteiger partial charge < -0.3 is 10.1 Å². The molecule has 1 aromatic rings. The van der Waals surface area contributed by atoms with E-state index in [1.54, 1.807) is 7.11 Å². The molecule has 0 bridgehead atoms. The molecular weight excluding hydrogens is 250 g/mol. The summed E-state index contributed by atoms with van der Waals surface area (Å²) in [5, 5.41) is 3.02. The molecule has 2 aliphatic rings. The monoisotopic (exact) mass is 271 g/mol. The summed E-state index contributed by atoms with van der Waals surface area (Å²) in [5.41, 5.74) is 0.817. The molecule has 0 heterocycles. The van der Waals surface area contributed by atoms with Gasteiger partial charge in [0.25, 0.3) is 0 Å². The third-order valence-electron chi connectivity index (χ3n) is 4.39. The van der Waals surface area contributed by atoms with Crippen LogP contribution in [0.3, 0.4) is 0 Å². The number of amides is 1. The summed E-state index contributed by atoms with van der Waals surface area (Å²) in [6.45, 7) is 0. The molecule has 0 unspecified atom stereocenters. The van der Waals surface area contributed by atoms with Crippen LogP contribution in [0.2, 0.25) is 0 Å². The minimum absolute atomic E-state index is 0.153. The van der Waals surface area contributed by atoms with E-state index in [1.807, 2.05) is 24.3 Å². The van der Waals surface area contributed by atoms with Crippen LogP contribution in [0.5, 0.6) is 5.75 Å². The van der Waals surface area contributed by atoms with E-state index in [0.29, 0.717) is 11.8 Å². The number of rotatable bonds is 3. The molecule has 0 spiro atoms. The number of allylic oxidation sites excluding steroid dienone is 2. The number of anilines is 1. The van der Waals surface area contributed by atoms with Gasteiger partial charge in [-0.1, -0.05) is 24.6 Å². The molecule has 1 amide bonds. The van der Waals surface area contributed by atoms with Crippen molar-refractivity contribution in [2.24, 2.45) is 17.8 Å². The Morgan fingerprint density at radius 1 is 1.35 bits per heavy atom. The summed E-state index contributed by atoms with van der Waals surface area (Å²) in [5.74, 6) is 2.10. The molecule has 0 saturated heterocycles. The Labute approximate surface area is 120 Å². The van der Waals surface area contributed by atoms with Gasteiger partial charge in [-0.05, 0) is 43.2 Å². The predicted octanol–water partition coefficient (Wildman–Crippen LogP) is 3.63. The van der Waals surface area contributed by atoms with Crippen molar-refractivity contribution in [1.82, 2.24) is 0 Å². The average molecular weight is 271 g/mol. The van der Waals surface area contributed by atoms with Gasteiger partial charge in [-0.2, -0.15) is 0 Å². The molecule has 1 N–H and O–H groups in total. The standard InChI is InChI=1S/C17H21NO2/c1-20-13-8-6-7-12(11-13)18-17(19)16-14-9-4-2-3-5-10-15(14)16/h4,6-9,11,14-16H,2-3,5,10H2,1H3,(H,18,19)/t14-,15-,16-/m1/s1. The first-order chi connectivity index (χ1) is 9.79. The summed E-state index contributed by atoms with van der Waals surface area (Å²) in [6, 6.07) is 7.53. The highest BCUT2D eigenvalue weighted by Crippen LogP contribution is 2.51. The van der Waals surface area contributed by atoms with Gasteiger partial charge in [0.15, 0.2) is 0 Å². The summed E-state index contributed by atoms with van der Waals surface area (Å²) in [7, 11) is 1.63. The zero-order valence-electron chi connectivity index (χ0n) is 11.8. The number of hydrogen-bond acceptors (Lipinski definition) is 2. The van der Waals surface area contributed by atoms with Crippen molar-refractivity contribution in [3.63, 3.8) is 0 Å². The number of ether oxygens (including phenoxy) is 1. The lowest BCUT2D eigenvalue weighted by Crippen LogP contribution is -2.15. The van der Waals surface area contributed by atoms with Crippen LogP contribution in [-0.4, -0.2) is 13.0 Å². The molecule has 3 nitrogen and oxygen atoms in total. The third kappa shape index (κ3) is 2.72. The Bertz CT molecular complexity index is 523. The molecular formula is C17H21NO2. The smallest absolute Gasteiger partial charge is 0.228 e. The Hall–Kier alpha value is -1.77. The molecule has 0 aliphatic heterocycles. The first-order valence-electron chi connectivity index (χ1n) is 7.41. The highest BCUT2D eigenvalue weighted by atomic mass is 16.5. The number of hydrogen-bond donors (Lipinski definition) is 1. The fourth-order valence-electron chi connectivity index (χ4n) is 3.23. The first-order valence-corrected chi connectivity index (χ1v) is 7.41. The van der Waals surface area contributed by atoms with Crippen LogP contribution in [0, 0.1) is 17.8 Å². The number of fused-ring (bicyclic) bond motifs is 1. The second-order valence-electron chi connectivity index (χ2n) is 5.70. The van der Waals surface area contributed by atoms with Gasteiger partial charge in [0, 0.05) is 17.7 Å². The number of benzene rings is 1. The zero-order chi connectivity index (χ0) is 13.9. The molecule has 1 saturated carbocycles. The summed E-state index contributed by atoms with van der Waals surface area (Å²) in [4.78, 5) is 12.4. The lowest BCUT2D eigenvalue weighted by Gasteiger charge is -2.06. The minimum Gasteiger partial charge on any atom is -0.497 e. The van der Waals surface area contributed by atoms with Crippen LogP contribution >= 0.6 is 0 Å². The van der Waals surface area contributed by atoms with Crippen molar-refractivity contribution in [2.75, 3.05) is 12.4 Å². The molecule has 1 aromatic carbocycles. The molecule has 20 heavy (non-hydrogen) atoms. The van der Waals surface area contributed by atoms with E-state index in [4.69, 9.17) is 4.74 Å². The van der Waals surface area contributed by atoms with E-state index in [0.717, 1.165) is 17.9 Å². The van der Waals surface area contributed by atoms with Crippen molar-refractivity contribution in [1.29, 1.82) is 0 Å². The molecule has 3 rings (SSSR count). The summed E-state index contributed by atoms with van der Waals surface area (Å²) >= 11 is 0. The van der Waals surface area contributed by atoms with Gasteiger partial charge >= 0.3 is 0 Å². The lowest BCUT2D eigenvalue weighted by atomic mass is 10.1. The topological polar surface area (TPSA) is 38.3 Å². The summed E-state index contributed by atoms with van der Waals surface area (Å²) < 4.78 is 5.18. The highest BCUT2D eigenvalue weighted by molar-refractivity contribution is 5.95. The molecule has 106 valence electrons. The lowest BCUT2D eigenvalue weighted by molar-refractivity contribution is -0.117. The van der Waals surface area contributed by atoms with Crippen molar-refractivity contribution in [3.05, 3.63) is 36.4 Å². The second kappa shape index (κ2) is 5.70. The normalized spacial score (nSPS) is 27.9. The van der Waals surface area contributed by atoms with Crippen LogP contribution < -0.4 is 10.1 Å². The van der Waals surface area contributed by atoms with E-state index in [1.165, 1.54) is 19.3 Å². The first kappa shape index (κ1) is 13.2. The Morgan fingerprint density at radius 2 is 2.25 bits per heavy atom. The molecule has 0 aromatic heterocycles. The number of nitrogens with one attached hydrogen (secondary N) is 1. The molecule has 0 radical (unpaired) electrons. The van der Waals surface area contributed by atoms with Crippen molar-refractivity contribution in [3.8, 4) is 5.75 Å². The Morgan fingerprint density at radius 3 is 3.10 bits per heavy atom. The maximum atomic E-state index is 12.4. The van der Waals surface area contributed by atoms with Crippen molar-refractivity contribution < 1.29 is 9.53 Å². The van der Waals surface area contributed by atoms with Gasteiger partial charge in [0.05, 0.1) is 7.11 Å². The van der Waals surface area contributed by atoms with E-state index in [2.05, 4.69) is 17.5 Å². The Balaban J connectivity index is 1.65. The van der Waals surface area contributed by atoms with Gasteiger partial charge in [-0.3, -0.25) is 4.79 Å². The van der Waals surface area contributed by atoms with E-state index >= 15 is 0 Å². The van der Waals surface area contributed by atoms with Gasteiger partial charge in [-0.15, -0.1) is 0 Å². The Kier molecular flexibility index (Phi) is 3.77. The van der Waals surface area contributed by atoms with Gasteiger partial charge in [0.1, 0.15) is 5.75 Å². The quantitative estimate of drug-likeness (QED) is 0.853. The van der Waals surface area contributed by atoms with Crippen LogP contribution in [-0.2, 0) is 4.79 Å².